The highest BCUT2D eigenvalue weighted by atomic mass is 16.5. The van der Waals surface area contributed by atoms with Gasteiger partial charge in [-0.15, -0.1) is 0 Å². The number of carbonyl (C=O) groups is 1. The lowest BCUT2D eigenvalue weighted by atomic mass is 10.1. The molecule has 0 aromatic heterocycles. The van der Waals surface area contributed by atoms with E-state index < -0.39 is 0 Å². The first kappa shape index (κ1) is 12.3. The summed E-state index contributed by atoms with van der Waals surface area (Å²) in [6.45, 7) is 0.604. The molecular weight excluding hydrogens is 188 g/mol. The molecule has 0 spiro atoms. The molecule has 2 nitrogen and oxygen atoms in total. The molecule has 0 aromatic carbocycles. The fraction of sp³-hybridized carbons (Fsp3) is 0.769. The molecule has 0 atom stereocenters. The van der Waals surface area contributed by atoms with Gasteiger partial charge >= 0.3 is 5.97 Å². The van der Waals surface area contributed by atoms with Gasteiger partial charge in [0, 0.05) is 6.42 Å². The van der Waals surface area contributed by atoms with Gasteiger partial charge in [-0.2, -0.15) is 0 Å². The predicted molar refractivity (Wildman–Crippen MR) is 61.7 cm³/mol. The molecule has 86 valence electrons. The molecule has 0 aliphatic carbocycles. The molecule has 0 radical (unpaired) electrons. The van der Waals surface area contributed by atoms with Crippen LogP contribution in [0.3, 0.4) is 0 Å². The summed E-state index contributed by atoms with van der Waals surface area (Å²) in [5.41, 5.74) is 0. The van der Waals surface area contributed by atoms with Gasteiger partial charge in [-0.05, 0) is 38.5 Å². The van der Waals surface area contributed by atoms with E-state index in [4.69, 9.17) is 4.74 Å². The molecule has 0 saturated heterocycles. The highest BCUT2D eigenvalue weighted by Gasteiger charge is 2.02. The van der Waals surface area contributed by atoms with E-state index in [1.54, 1.807) is 0 Å². The van der Waals surface area contributed by atoms with Crippen molar-refractivity contribution in [2.24, 2.45) is 0 Å². The van der Waals surface area contributed by atoms with Gasteiger partial charge in [-0.3, -0.25) is 4.79 Å². The van der Waals surface area contributed by atoms with Crippen LogP contribution in [0.1, 0.15) is 57.8 Å². The predicted octanol–water partition coefficient (Wildman–Crippen LogP) is 3.61. The molecule has 1 aliphatic rings. The summed E-state index contributed by atoms with van der Waals surface area (Å²) in [6.07, 6.45) is 14.2. The Bertz CT molecular complexity index is 197. The van der Waals surface area contributed by atoms with Crippen LogP contribution < -0.4 is 0 Å². The van der Waals surface area contributed by atoms with Crippen molar-refractivity contribution >= 4 is 5.97 Å². The van der Waals surface area contributed by atoms with E-state index in [0.717, 1.165) is 32.1 Å². The van der Waals surface area contributed by atoms with Crippen LogP contribution in [0.2, 0.25) is 0 Å². The minimum Gasteiger partial charge on any atom is -0.466 e. The van der Waals surface area contributed by atoms with E-state index >= 15 is 0 Å². The quantitative estimate of drug-likeness (QED) is 0.451. The van der Waals surface area contributed by atoms with Crippen LogP contribution in [-0.2, 0) is 9.53 Å². The largest absolute Gasteiger partial charge is 0.466 e. The van der Waals surface area contributed by atoms with E-state index in [1.807, 2.05) is 0 Å². The van der Waals surface area contributed by atoms with E-state index in [9.17, 15) is 4.79 Å². The molecule has 0 N–H and O–H groups in total. The molecule has 0 unspecified atom stereocenters. The first-order valence-electron chi connectivity index (χ1n) is 6.20. The average Bonchev–Trinajstić information content (AvgIpc) is 2.24. The average molecular weight is 210 g/mol. The SMILES string of the molecule is O=C1CCCCCC/C=C/CCCCO1. The molecule has 1 aliphatic heterocycles. The van der Waals surface area contributed by atoms with Crippen LogP contribution in [0.25, 0.3) is 0 Å². The van der Waals surface area contributed by atoms with Crippen molar-refractivity contribution < 1.29 is 9.53 Å². The van der Waals surface area contributed by atoms with Crippen LogP contribution in [0.5, 0.6) is 0 Å². The van der Waals surface area contributed by atoms with Crippen LogP contribution in [0, 0.1) is 0 Å². The fourth-order valence-corrected chi connectivity index (χ4v) is 1.74. The number of cyclic esters (lactones) is 1. The number of esters is 1. The summed E-state index contributed by atoms with van der Waals surface area (Å²) in [4.78, 5) is 11.2. The Morgan fingerprint density at radius 1 is 0.867 bits per heavy atom. The van der Waals surface area contributed by atoms with E-state index in [0.29, 0.717) is 13.0 Å². The van der Waals surface area contributed by atoms with Gasteiger partial charge < -0.3 is 4.74 Å². The van der Waals surface area contributed by atoms with Crippen LogP contribution in [-0.4, -0.2) is 12.6 Å². The second kappa shape index (κ2) is 8.51. The zero-order valence-corrected chi connectivity index (χ0v) is 9.54. The lowest BCUT2D eigenvalue weighted by Gasteiger charge is -2.05. The highest BCUT2D eigenvalue weighted by Crippen LogP contribution is 2.08. The van der Waals surface area contributed by atoms with Gasteiger partial charge in [-0.25, -0.2) is 0 Å². The van der Waals surface area contributed by atoms with Crippen molar-refractivity contribution in [3.05, 3.63) is 12.2 Å². The molecule has 0 bridgehead atoms. The van der Waals surface area contributed by atoms with Crippen LogP contribution in [0.15, 0.2) is 12.2 Å². The van der Waals surface area contributed by atoms with Crippen LogP contribution in [0.4, 0.5) is 0 Å². The minimum absolute atomic E-state index is 0.0115. The first-order valence-corrected chi connectivity index (χ1v) is 6.20. The lowest BCUT2D eigenvalue weighted by molar-refractivity contribution is -0.143. The summed E-state index contributed by atoms with van der Waals surface area (Å²) in [5, 5.41) is 0. The van der Waals surface area contributed by atoms with Crippen molar-refractivity contribution in [3.8, 4) is 0 Å². The molecule has 0 amide bonds. The maximum Gasteiger partial charge on any atom is 0.305 e. The maximum atomic E-state index is 11.2. The normalized spacial score (nSPS) is 23.9. The van der Waals surface area contributed by atoms with Crippen molar-refractivity contribution in [2.45, 2.75) is 57.8 Å². The number of hydrogen-bond acceptors (Lipinski definition) is 2. The molecule has 0 fully saturated rings. The van der Waals surface area contributed by atoms with Gasteiger partial charge in [0.1, 0.15) is 0 Å². The van der Waals surface area contributed by atoms with Gasteiger partial charge in [-0.1, -0.05) is 25.0 Å². The third-order valence-corrected chi connectivity index (χ3v) is 2.70. The van der Waals surface area contributed by atoms with Crippen molar-refractivity contribution in [2.75, 3.05) is 6.61 Å². The van der Waals surface area contributed by atoms with Gasteiger partial charge in [0.2, 0.25) is 0 Å². The fourth-order valence-electron chi connectivity index (χ4n) is 1.74. The Morgan fingerprint density at radius 2 is 1.53 bits per heavy atom. The number of rotatable bonds is 0. The van der Waals surface area contributed by atoms with Gasteiger partial charge in [0.25, 0.3) is 0 Å². The Kier molecular flexibility index (Phi) is 6.97. The summed E-state index contributed by atoms with van der Waals surface area (Å²) < 4.78 is 5.12. The topological polar surface area (TPSA) is 26.3 Å². The standard InChI is InChI=1S/C13H22O2/c14-13-11-9-7-5-3-1-2-4-6-8-10-12-15-13/h2,4H,1,3,5-12H2/b4-2+. The zero-order chi connectivity index (χ0) is 10.8. The first-order chi connectivity index (χ1) is 7.39. The van der Waals surface area contributed by atoms with E-state index in [-0.39, 0.29) is 5.97 Å². The van der Waals surface area contributed by atoms with E-state index in [2.05, 4.69) is 12.2 Å². The Labute approximate surface area is 92.7 Å². The maximum absolute atomic E-state index is 11.2. The van der Waals surface area contributed by atoms with Crippen molar-refractivity contribution in [3.63, 3.8) is 0 Å². The van der Waals surface area contributed by atoms with Crippen molar-refractivity contribution in [1.29, 1.82) is 0 Å². The zero-order valence-electron chi connectivity index (χ0n) is 9.54. The molecule has 15 heavy (non-hydrogen) atoms. The van der Waals surface area contributed by atoms with E-state index in [1.165, 1.54) is 19.3 Å². The highest BCUT2D eigenvalue weighted by molar-refractivity contribution is 5.69. The smallest absolute Gasteiger partial charge is 0.305 e. The third kappa shape index (κ3) is 7.18. The number of carbonyl (C=O) groups excluding carboxylic acids is 1. The summed E-state index contributed by atoms with van der Waals surface area (Å²) >= 11 is 0. The summed E-state index contributed by atoms with van der Waals surface area (Å²) in [5.74, 6) is -0.0115. The molecule has 2 heteroatoms. The second-order valence-corrected chi connectivity index (χ2v) is 4.14. The Hall–Kier alpha value is -0.790. The summed E-state index contributed by atoms with van der Waals surface area (Å²) in [6, 6.07) is 0. The minimum atomic E-state index is -0.0115. The number of allylic oxidation sites excluding steroid dienone is 2. The van der Waals surface area contributed by atoms with Gasteiger partial charge in [0.05, 0.1) is 6.61 Å². The molecule has 0 saturated carbocycles. The Balaban J connectivity index is 2.20. The van der Waals surface area contributed by atoms with Gasteiger partial charge in [0.15, 0.2) is 0 Å². The van der Waals surface area contributed by atoms with Crippen LogP contribution >= 0.6 is 0 Å². The summed E-state index contributed by atoms with van der Waals surface area (Å²) in [7, 11) is 0. The molecule has 0 aromatic rings. The molecular formula is C13H22O2. The second-order valence-electron chi connectivity index (χ2n) is 4.14. The molecule has 1 rings (SSSR count). The van der Waals surface area contributed by atoms with Crippen molar-refractivity contribution in [1.82, 2.24) is 0 Å². The number of hydrogen-bond donors (Lipinski definition) is 0. The Morgan fingerprint density at radius 3 is 2.33 bits per heavy atom. The third-order valence-electron chi connectivity index (χ3n) is 2.70. The lowest BCUT2D eigenvalue weighted by Crippen LogP contribution is -2.05. The number of ether oxygens (including phenoxy) is 1. The molecule has 1 heterocycles. The monoisotopic (exact) mass is 210 g/mol.